The molecule has 0 N–H and O–H groups in total. The predicted molar refractivity (Wildman–Crippen MR) is 107 cm³/mol. The first-order chi connectivity index (χ1) is 11.6. The minimum absolute atomic E-state index is 0. The van der Waals surface area contributed by atoms with Crippen LogP contribution in [0.2, 0.25) is 0 Å². The maximum Gasteiger partial charge on any atom is 4.00 e. The maximum atomic E-state index is 2.27. The fraction of sp³-hybridized carbons (Fsp3) is 0.250. The first kappa shape index (κ1) is 26.1. The Morgan fingerprint density at radius 1 is 0.667 bits per heavy atom. The van der Waals surface area contributed by atoms with Gasteiger partial charge in [0.1, 0.15) is 0 Å². The third kappa shape index (κ3) is 6.05. The van der Waals surface area contributed by atoms with Gasteiger partial charge in [0, 0.05) is 0 Å². The summed E-state index contributed by atoms with van der Waals surface area (Å²) in [6.07, 6.45) is 2.25. The summed E-state index contributed by atoms with van der Waals surface area (Å²) in [5.74, 6) is 0. The Kier molecular flexibility index (Phi) is 11.5. The number of benzene rings is 2. The van der Waals surface area contributed by atoms with Gasteiger partial charge in [0.05, 0.1) is 0 Å². The Labute approximate surface area is 195 Å². The van der Waals surface area contributed by atoms with Crippen molar-refractivity contribution in [3.63, 3.8) is 0 Å². The standard InChI is InChI=1S/2C12H13.2ClH.Zr/c2*1-3-10-5-4-6-11-7-9(2)8-12(10)11;;;/h2*4-8H,3H2,1-2H3;2*1H;/q2*-1;;;+4/p-2. The first-order valence-electron chi connectivity index (χ1n) is 8.92. The summed E-state index contributed by atoms with van der Waals surface area (Å²) in [4.78, 5) is 0. The van der Waals surface area contributed by atoms with Gasteiger partial charge in [-0.05, 0) is 12.8 Å². The normalized spacial score (nSPS) is 9.63. The quantitative estimate of drug-likeness (QED) is 0.377. The maximum absolute atomic E-state index is 2.27. The van der Waals surface area contributed by atoms with Gasteiger partial charge in [-0.15, -0.1) is 69.1 Å². The molecule has 0 aliphatic carbocycles. The van der Waals surface area contributed by atoms with Crippen LogP contribution < -0.4 is 24.8 Å². The van der Waals surface area contributed by atoms with Crippen molar-refractivity contribution in [2.24, 2.45) is 0 Å². The number of fused-ring (bicyclic) bond motifs is 2. The van der Waals surface area contributed by atoms with Crippen molar-refractivity contribution in [1.82, 2.24) is 0 Å². The molecule has 0 radical (unpaired) electrons. The SMILES string of the molecule is CCc1cccc2[cH-]c(C)cc12.CCc1cccc2[cH-]c(C)cc12.[Cl-].[Cl-].[Zr+4]. The summed E-state index contributed by atoms with van der Waals surface area (Å²) < 4.78 is 0. The van der Waals surface area contributed by atoms with E-state index in [-0.39, 0.29) is 51.0 Å². The van der Waals surface area contributed by atoms with Crippen LogP contribution in [-0.4, -0.2) is 0 Å². The van der Waals surface area contributed by atoms with E-state index < -0.39 is 0 Å². The van der Waals surface area contributed by atoms with Crippen LogP contribution in [0.3, 0.4) is 0 Å². The van der Waals surface area contributed by atoms with Gasteiger partial charge in [0.25, 0.3) is 0 Å². The molecule has 0 saturated carbocycles. The van der Waals surface area contributed by atoms with Crippen molar-refractivity contribution in [3.8, 4) is 0 Å². The minimum atomic E-state index is 0. The number of hydrogen-bond acceptors (Lipinski definition) is 0. The molecule has 0 atom stereocenters. The van der Waals surface area contributed by atoms with E-state index in [2.05, 4.69) is 88.4 Å². The van der Waals surface area contributed by atoms with Crippen molar-refractivity contribution >= 4 is 21.5 Å². The molecular weight excluding hydrogens is 450 g/mol. The number of halogens is 2. The molecule has 0 aliphatic rings. The topological polar surface area (TPSA) is 0 Å². The molecule has 0 heterocycles. The molecule has 3 heteroatoms. The minimum Gasteiger partial charge on any atom is -1.00 e. The molecular formula is C24H26Cl2Zr. The van der Waals surface area contributed by atoms with Crippen LogP contribution in [0.5, 0.6) is 0 Å². The number of rotatable bonds is 2. The van der Waals surface area contributed by atoms with E-state index in [9.17, 15) is 0 Å². The molecule has 4 rings (SSSR count). The van der Waals surface area contributed by atoms with Gasteiger partial charge in [-0.1, -0.05) is 51.0 Å². The molecule has 4 aromatic carbocycles. The molecule has 0 aliphatic heterocycles. The van der Waals surface area contributed by atoms with Gasteiger partial charge in [0.15, 0.2) is 0 Å². The third-order valence-corrected chi connectivity index (χ3v) is 4.73. The Morgan fingerprint density at radius 3 is 1.37 bits per heavy atom. The summed E-state index contributed by atoms with van der Waals surface area (Å²) in [5.41, 5.74) is 5.65. The Balaban J connectivity index is 0.000000451. The second kappa shape index (κ2) is 11.9. The van der Waals surface area contributed by atoms with Gasteiger partial charge >= 0.3 is 26.2 Å². The van der Waals surface area contributed by atoms with E-state index in [4.69, 9.17) is 0 Å². The fourth-order valence-electron chi connectivity index (χ4n) is 3.52. The smallest absolute Gasteiger partial charge is 1.00 e. The Hall–Kier alpha value is -0.877. The summed E-state index contributed by atoms with van der Waals surface area (Å²) in [6, 6.07) is 22.1. The van der Waals surface area contributed by atoms with Crippen LogP contribution in [-0.2, 0) is 39.0 Å². The van der Waals surface area contributed by atoms with E-state index in [1.165, 1.54) is 43.8 Å². The fourth-order valence-corrected chi connectivity index (χ4v) is 3.52. The monoisotopic (exact) mass is 474 g/mol. The van der Waals surface area contributed by atoms with Crippen molar-refractivity contribution in [3.05, 3.63) is 82.9 Å². The molecule has 0 nitrogen and oxygen atoms in total. The second-order valence-electron chi connectivity index (χ2n) is 6.61. The molecule has 0 amide bonds. The molecule has 0 fully saturated rings. The average molecular weight is 477 g/mol. The molecule has 0 spiro atoms. The number of aryl methyl sites for hydroxylation is 4. The van der Waals surface area contributed by atoms with Crippen LogP contribution in [0.4, 0.5) is 0 Å². The van der Waals surface area contributed by atoms with Crippen molar-refractivity contribution in [2.45, 2.75) is 40.5 Å². The Bertz CT molecular complexity index is 883. The second-order valence-corrected chi connectivity index (χ2v) is 6.61. The number of hydrogen-bond donors (Lipinski definition) is 0. The van der Waals surface area contributed by atoms with Crippen LogP contribution in [0.15, 0.2) is 60.7 Å². The van der Waals surface area contributed by atoms with Crippen LogP contribution >= 0.6 is 0 Å². The summed E-state index contributed by atoms with van der Waals surface area (Å²) in [5, 5.41) is 5.62. The van der Waals surface area contributed by atoms with Crippen molar-refractivity contribution in [1.29, 1.82) is 0 Å². The zero-order chi connectivity index (χ0) is 17.1. The van der Waals surface area contributed by atoms with E-state index in [0.717, 1.165) is 12.8 Å². The molecule has 4 aromatic rings. The zero-order valence-electron chi connectivity index (χ0n) is 16.4. The largest absolute Gasteiger partial charge is 4.00 e. The average Bonchev–Trinajstić information content (AvgIpc) is 3.15. The molecule has 140 valence electrons. The van der Waals surface area contributed by atoms with Crippen LogP contribution in [0, 0.1) is 13.8 Å². The van der Waals surface area contributed by atoms with Gasteiger partial charge in [0.2, 0.25) is 0 Å². The molecule has 0 bridgehead atoms. The van der Waals surface area contributed by atoms with Gasteiger partial charge < -0.3 is 24.8 Å². The molecule has 27 heavy (non-hydrogen) atoms. The van der Waals surface area contributed by atoms with Gasteiger partial charge in [-0.25, -0.2) is 0 Å². The predicted octanol–water partition coefficient (Wildman–Crippen LogP) is 0.865. The van der Waals surface area contributed by atoms with E-state index in [0.29, 0.717) is 0 Å². The van der Waals surface area contributed by atoms with Crippen molar-refractivity contribution in [2.75, 3.05) is 0 Å². The first-order valence-corrected chi connectivity index (χ1v) is 8.92. The van der Waals surface area contributed by atoms with Gasteiger partial charge in [-0.2, -0.15) is 12.1 Å². The van der Waals surface area contributed by atoms with Crippen molar-refractivity contribution < 1.29 is 51.0 Å². The summed E-state index contributed by atoms with van der Waals surface area (Å²) in [6.45, 7) is 8.72. The summed E-state index contributed by atoms with van der Waals surface area (Å²) >= 11 is 0. The molecule has 0 saturated heterocycles. The third-order valence-electron chi connectivity index (χ3n) is 4.73. The van der Waals surface area contributed by atoms with Gasteiger partial charge in [-0.3, -0.25) is 0 Å². The Morgan fingerprint density at radius 2 is 1.04 bits per heavy atom. The van der Waals surface area contributed by atoms with E-state index >= 15 is 0 Å². The molecule has 0 unspecified atom stereocenters. The van der Waals surface area contributed by atoms with Crippen LogP contribution in [0.1, 0.15) is 36.1 Å². The van der Waals surface area contributed by atoms with Crippen LogP contribution in [0.25, 0.3) is 21.5 Å². The zero-order valence-corrected chi connectivity index (χ0v) is 20.4. The molecule has 0 aromatic heterocycles. The van der Waals surface area contributed by atoms with E-state index in [1.54, 1.807) is 0 Å². The summed E-state index contributed by atoms with van der Waals surface area (Å²) in [7, 11) is 0. The van der Waals surface area contributed by atoms with E-state index in [1.807, 2.05) is 0 Å².